The van der Waals surface area contributed by atoms with Gasteiger partial charge in [0, 0.05) is 5.75 Å². The van der Waals surface area contributed by atoms with Gasteiger partial charge in [0.15, 0.2) is 0 Å². The Bertz CT molecular complexity index is 342. The van der Waals surface area contributed by atoms with E-state index in [9.17, 15) is 9.59 Å². The number of thioether (sulfide) groups is 1. The maximum absolute atomic E-state index is 11.4. The summed E-state index contributed by atoms with van der Waals surface area (Å²) >= 11 is 6.85. The smallest absolute Gasteiger partial charge is 0.408 e. The first-order valence-corrected chi connectivity index (χ1v) is 7.19. The molecule has 1 heterocycles. The molecule has 1 rings (SSSR count). The second-order valence-electron chi connectivity index (χ2n) is 4.92. The van der Waals surface area contributed by atoms with E-state index in [4.69, 9.17) is 17.0 Å². The van der Waals surface area contributed by atoms with Crippen LogP contribution in [-0.2, 0) is 9.53 Å². The Morgan fingerprint density at radius 1 is 1.61 bits per heavy atom. The molecule has 102 valence electrons. The number of nitrogens with one attached hydrogen (secondary N) is 1. The molecular formula is C11H18N2O3S2. The Morgan fingerprint density at radius 2 is 2.28 bits per heavy atom. The maximum Gasteiger partial charge on any atom is 0.408 e. The zero-order chi connectivity index (χ0) is 13.8. The minimum absolute atomic E-state index is 0.178. The fourth-order valence-corrected chi connectivity index (χ4v) is 2.89. The van der Waals surface area contributed by atoms with E-state index in [2.05, 4.69) is 5.32 Å². The minimum atomic E-state index is -0.527. The lowest BCUT2D eigenvalue weighted by Crippen LogP contribution is -2.43. The van der Waals surface area contributed by atoms with Crippen LogP contribution in [0.2, 0.25) is 0 Å². The van der Waals surface area contributed by atoms with Crippen molar-refractivity contribution in [1.29, 1.82) is 0 Å². The Labute approximate surface area is 117 Å². The average Bonchev–Trinajstić information content (AvgIpc) is 2.71. The van der Waals surface area contributed by atoms with E-state index in [0.717, 1.165) is 12.0 Å². The van der Waals surface area contributed by atoms with Gasteiger partial charge in [-0.2, -0.15) is 0 Å². The molecule has 0 radical (unpaired) electrons. The van der Waals surface area contributed by atoms with E-state index in [1.165, 1.54) is 0 Å². The summed E-state index contributed by atoms with van der Waals surface area (Å²) in [6.45, 7) is 5.61. The molecule has 1 atom stereocenters. The van der Waals surface area contributed by atoms with Crippen molar-refractivity contribution in [3.63, 3.8) is 0 Å². The van der Waals surface area contributed by atoms with Gasteiger partial charge in [0.1, 0.15) is 11.9 Å². The zero-order valence-corrected chi connectivity index (χ0v) is 12.4. The van der Waals surface area contributed by atoms with Gasteiger partial charge in [0.25, 0.3) is 0 Å². The summed E-state index contributed by atoms with van der Waals surface area (Å²) in [7, 11) is 0. The molecule has 0 bridgehead atoms. The standard InChI is InChI=1S/C11H18N2O3S2/c1-11(2,3)16-10(15)12-4-9(17)13-7-18-6-8(13)5-14/h5,8H,4,6-7H2,1-3H3,(H,12,15)/t8-/m1/s1. The lowest BCUT2D eigenvalue weighted by molar-refractivity contribution is -0.110. The van der Waals surface area contributed by atoms with Gasteiger partial charge in [-0.3, -0.25) is 0 Å². The van der Waals surface area contributed by atoms with E-state index in [1.807, 2.05) is 4.90 Å². The van der Waals surface area contributed by atoms with Crippen molar-refractivity contribution in [1.82, 2.24) is 10.2 Å². The van der Waals surface area contributed by atoms with Gasteiger partial charge in [-0.1, -0.05) is 12.2 Å². The number of alkyl carbamates (subject to hydrolysis) is 1. The first-order chi connectivity index (χ1) is 8.33. The molecule has 1 aliphatic rings. The van der Waals surface area contributed by atoms with E-state index < -0.39 is 11.7 Å². The predicted octanol–water partition coefficient (Wildman–Crippen LogP) is 1.41. The number of rotatable bonds is 3. The lowest BCUT2D eigenvalue weighted by atomic mass is 10.2. The first kappa shape index (κ1) is 15.2. The second-order valence-corrected chi connectivity index (χ2v) is 6.39. The van der Waals surface area contributed by atoms with E-state index >= 15 is 0 Å². The summed E-state index contributed by atoms with van der Waals surface area (Å²) in [6.07, 6.45) is 0.388. The highest BCUT2D eigenvalue weighted by Crippen LogP contribution is 2.19. The molecule has 0 aliphatic carbocycles. The molecule has 18 heavy (non-hydrogen) atoms. The van der Waals surface area contributed by atoms with Crippen LogP contribution in [-0.4, -0.2) is 52.1 Å². The third-order valence-electron chi connectivity index (χ3n) is 2.18. The topological polar surface area (TPSA) is 58.6 Å². The predicted molar refractivity (Wildman–Crippen MR) is 75.9 cm³/mol. The number of ether oxygens (including phenoxy) is 1. The molecular weight excluding hydrogens is 272 g/mol. The van der Waals surface area contributed by atoms with E-state index in [-0.39, 0.29) is 12.6 Å². The first-order valence-electron chi connectivity index (χ1n) is 5.63. The summed E-state index contributed by atoms with van der Waals surface area (Å²) in [6, 6.07) is -0.178. The van der Waals surface area contributed by atoms with Crippen LogP contribution in [0.15, 0.2) is 0 Å². The molecule has 0 aromatic carbocycles. The molecule has 1 amide bonds. The largest absolute Gasteiger partial charge is 0.444 e. The molecule has 5 nitrogen and oxygen atoms in total. The molecule has 1 N–H and O–H groups in total. The quantitative estimate of drug-likeness (QED) is 0.626. The molecule has 0 spiro atoms. The Balaban J connectivity index is 2.37. The maximum atomic E-state index is 11.4. The van der Waals surface area contributed by atoms with Gasteiger partial charge < -0.3 is 19.7 Å². The van der Waals surface area contributed by atoms with E-state index in [1.54, 1.807) is 32.5 Å². The molecule has 0 unspecified atom stereocenters. The molecule has 7 heteroatoms. The number of amides is 1. The van der Waals surface area contributed by atoms with Gasteiger partial charge >= 0.3 is 6.09 Å². The number of thiocarbonyl (C=S) groups is 1. The third-order valence-corrected chi connectivity index (χ3v) is 3.60. The molecule has 1 fully saturated rings. The highest BCUT2D eigenvalue weighted by Gasteiger charge is 2.26. The van der Waals surface area contributed by atoms with Gasteiger partial charge in [0.2, 0.25) is 0 Å². The van der Waals surface area contributed by atoms with Gasteiger partial charge in [-0.05, 0) is 20.8 Å². The van der Waals surface area contributed by atoms with Crippen LogP contribution < -0.4 is 5.32 Å². The van der Waals surface area contributed by atoms with Crippen LogP contribution >= 0.6 is 24.0 Å². The molecule has 0 aromatic rings. The van der Waals surface area contributed by atoms with Crippen molar-refractivity contribution in [3.05, 3.63) is 0 Å². The Morgan fingerprint density at radius 3 is 2.83 bits per heavy atom. The van der Waals surface area contributed by atoms with Crippen molar-refractivity contribution in [2.45, 2.75) is 32.4 Å². The van der Waals surface area contributed by atoms with Crippen LogP contribution in [0.25, 0.3) is 0 Å². The zero-order valence-electron chi connectivity index (χ0n) is 10.8. The summed E-state index contributed by atoms with van der Waals surface area (Å²) < 4.78 is 5.10. The highest BCUT2D eigenvalue weighted by atomic mass is 32.2. The Hall–Kier alpha value is -0.820. The fraction of sp³-hybridized carbons (Fsp3) is 0.727. The van der Waals surface area contributed by atoms with Crippen molar-refractivity contribution >= 4 is 41.3 Å². The summed E-state index contributed by atoms with van der Waals surface area (Å²) in [5.74, 6) is 1.44. The van der Waals surface area contributed by atoms with Gasteiger partial charge in [0.05, 0.1) is 23.5 Å². The summed E-state index contributed by atoms with van der Waals surface area (Å²) in [5.41, 5.74) is -0.527. The lowest BCUT2D eigenvalue weighted by Gasteiger charge is -2.24. The van der Waals surface area contributed by atoms with Crippen molar-refractivity contribution < 1.29 is 14.3 Å². The number of hydrogen-bond donors (Lipinski definition) is 1. The summed E-state index contributed by atoms with van der Waals surface area (Å²) in [5, 5.41) is 2.59. The number of carbonyl (C=O) groups excluding carboxylic acids is 2. The highest BCUT2D eigenvalue weighted by molar-refractivity contribution is 7.99. The van der Waals surface area contributed by atoms with Crippen LogP contribution in [0.5, 0.6) is 0 Å². The summed E-state index contributed by atoms with van der Waals surface area (Å²) in [4.78, 5) is 24.6. The number of aldehydes is 1. The molecule has 1 saturated heterocycles. The van der Waals surface area contributed by atoms with Gasteiger partial charge in [-0.25, -0.2) is 4.79 Å². The Kier molecular flexibility index (Phi) is 5.40. The van der Waals surface area contributed by atoms with Crippen LogP contribution in [0, 0.1) is 0 Å². The monoisotopic (exact) mass is 290 g/mol. The van der Waals surface area contributed by atoms with Crippen LogP contribution in [0.4, 0.5) is 4.79 Å². The third kappa shape index (κ3) is 4.81. The average molecular weight is 290 g/mol. The van der Waals surface area contributed by atoms with Crippen molar-refractivity contribution in [3.8, 4) is 0 Å². The number of hydrogen-bond acceptors (Lipinski definition) is 5. The normalized spacial score (nSPS) is 19.5. The minimum Gasteiger partial charge on any atom is -0.444 e. The van der Waals surface area contributed by atoms with Crippen molar-refractivity contribution in [2.24, 2.45) is 0 Å². The van der Waals surface area contributed by atoms with E-state index in [0.29, 0.717) is 10.9 Å². The molecule has 0 saturated carbocycles. The van der Waals surface area contributed by atoms with Crippen molar-refractivity contribution in [2.75, 3.05) is 18.2 Å². The second kappa shape index (κ2) is 6.38. The molecule has 0 aromatic heterocycles. The van der Waals surface area contributed by atoms with Crippen LogP contribution in [0.1, 0.15) is 20.8 Å². The SMILES string of the molecule is CC(C)(C)OC(=O)NCC(=S)N1CSC[C@H]1C=O. The fourth-order valence-electron chi connectivity index (χ4n) is 1.39. The molecule has 1 aliphatic heterocycles. The number of carbonyl (C=O) groups is 2. The number of nitrogens with zero attached hydrogens (tertiary/aromatic N) is 1. The van der Waals surface area contributed by atoms with Gasteiger partial charge in [-0.15, -0.1) is 11.8 Å². The van der Waals surface area contributed by atoms with Crippen LogP contribution in [0.3, 0.4) is 0 Å².